The fraction of sp³-hybridized carbons (Fsp3) is 0.867. The zero-order valence-electron chi connectivity index (χ0n) is 29.8. The van der Waals surface area contributed by atoms with Crippen LogP contribution in [-0.2, 0) is 57.1 Å². The number of aliphatic hydroxyl groups is 9. The van der Waals surface area contributed by atoms with Gasteiger partial charge in [-0.3, -0.25) is 9.59 Å². The fourth-order valence-corrected chi connectivity index (χ4v) is 6.60. The van der Waals surface area contributed by atoms with Gasteiger partial charge in [-0.05, 0) is 0 Å². The quantitative estimate of drug-likeness (QED) is 0.0729. The first-order valence-corrected chi connectivity index (χ1v) is 17.2. The number of hydrogen-bond donors (Lipinski definition) is 14. The van der Waals surface area contributed by atoms with E-state index in [4.69, 9.17) is 43.6 Å². The molecule has 15 N–H and O–H groups in total. The summed E-state index contributed by atoms with van der Waals surface area (Å²) in [6.07, 6.45) is -35.2. The van der Waals surface area contributed by atoms with Crippen LogP contribution in [-0.4, -0.2) is 229 Å². The number of nitrogens with one attached hydrogen (secondary N) is 2. The first-order valence-electron chi connectivity index (χ1n) is 17.2. The SMILES string of the molecule is CC(=O)NC1C(O)[C@H](O)C(CO)O[C@@H]1O[C@@H]1C(C(=O)O)O[C@@H](O[C@@H]2C(CO)O[C@H](O[C@@H]3C(C(=O)O)O[C@@H](OCCN)[C@@H](O)C3O)C(NC(C)=O)C2O)C(O)C1O. The van der Waals surface area contributed by atoms with E-state index in [9.17, 15) is 75.3 Å². The van der Waals surface area contributed by atoms with Gasteiger partial charge in [-0.15, -0.1) is 0 Å². The van der Waals surface area contributed by atoms with Crippen LogP contribution >= 0.6 is 0 Å². The maximum Gasteiger partial charge on any atom is 0.335 e. The van der Waals surface area contributed by atoms with E-state index in [1.165, 1.54) is 0 Å². The molecule has 0 bridgehead atoms. The third kappa shape index (κ3) is 10.1. The molecule has 11 unspecified atom stereocenters. The lowest BCUT2D eigenvalue weighted by molar-refractivity contribution is -0.371. The summed E-state index contributed by atoms with van der Waals surface area (Å²) in [6, 6.07) is -3.35. The van der Waals surface area contributed by atoms with Crippen LogP contribution in [0.15, 0.2) is 0 Å². The maximum atomic E-state index is 12.4. The number of nitrogens with two attached hydrogens (primary N) is 1. The molecule has 4 fully saturated rings. The van der Waals surface area contributed by atoms with Crippen LogP contribution < -0.4 is 16.4 Å². The van der Waals surface area contributed by atoms with Crippen LogP contribution in [0.5, 0.6) is 0 Å². The molecule has 4 saturated heterocycles. The predicted octanol–water partition coefficient (Wildman–Crippen LogP) is -9.29. The van der Waals surface area contributed by atoms with Crippen LogP contribution in [0.4, 0.5) is 0 Å². The first kappa shape index (κ1) is 45.9. The molecule has 2 amide bonds. The van der Waals surface area contributed by atoms with Crippen LogP contribution in [0.3, 0.4) is 0 Å². The van der Waals surface area contributed by atoms with E-state index >= 15 is 0 Å². The first-order chi connectivity index (χ1) is 26.4. The van der Waals surface area contributed by atoms with Gasteiger partial charge in [-0.25, -0.2) is 9.59 Å². The van der Waals surface area contributed by atoms with Crippen LogP contribution in [0.25, 0.3) is 0 Å². The minimum absolute atomic E-state index is 0.0517. The van der Waals surface area contributed by atoms with Crippen molar-refractivity contribution in [3.63, 3.8) is 0 Å². The summed E-state index contributed by atoms with van der Waals surface area (Å²) in [6.45, 7) is -0.130. The third-order valence-electron chi connectivity index (χ3n) is 9.32. The summed E-state index contributed by atoms with van der Waals surface area (Å²) in [5, 5.41) is 120. The van der Waals surface area contributed by atoms with E-state index < -0.39 is 160 Å². The van der Waals surface area contributed by atoms with Crippen molar-refractivity contribution < 1.29 is 113 Å². The standard InChI is InChI=1S/C30H49N3O23/c1-7(36)32-11-14(39)13(38)9(5-34)50-27(11)53-22-17(42)19(44)30(56-24(22)26(47)48)52-20-10(6-35)51-28(12(15(20)40)33-8(2)37)54-21-16(41)18(43)29(49-4-3-31)55-23(21)25(45)46/h9-24,27-30,34-35,38-44H,3-6,31H2,1-2H3,(H,32,36)(H,33,37)(H,45,46)(H,47,48)/t9?,10?,11?,12?,13-,14?,15?,16?,17?,18+,19?,20-,21+,22+,23?,24?,27-,28-,29-,30-/m1/s1. The molecule has 0 aromatic carbocycles. The molecular formula is C30H49N3O23. The Morgan fingerprint density at radius 2 is 0.982 bits per heavy atom. The minimum Gasteiger partial charge on any atom is -0.479 e. The molecule has 4 rings (SSSR count). The predicted molar refractivity (Wildman–Crippen MR) is 171 cm³/mol. The number of aliphatic carboxylic acids is 2. The highest BCUT2D eigenvalue weighted by atomic mass is 16.8. The fourth-order valence-electron chi connectivity index (χ4n) is 6.60. The maximum absolute atomic E-state index is 12.4. The largest absolute Gasteiger partial charge is 0.479 e. The summed E-state index contributed by atoms with van der Waals surface area (Å²) in [5.74, 6) is -5.12. The van der Waals surface area contributed by atoms with Crippen molar-refractivity contribution in [2.45, 2.75) is 137 Å². The number of amides is 2. The van der Waals surface area contributed by atoms with Crippen molar-refractivity contribution >= 4 is 23.8 Å². The number of hydrogen-bond acceptors (Lipinski definition) is 22. The molecule has 26 heteroatoms. The average molecular weight is 820 g/mol. The summed E-state index contributed by atoms with van der Waals surface area (Å²) >= 11 is 0. The molecule has 0 spiro atoms. The molecule has 4 aliphatic heterocycles. The van der Waals surface area contributed by atoms with Crippen molar-refractivity contribution in [2.24, 2.45) is 5.73 Å². The average Bonchev–Trinajstić information content (AvgIpc) is 3.13. The number of ether oxygens (including phenoxy) is 8. The topological polar surface area (TPSA) is 415 Å². The molecule has 0 radical (unpaired) electrons. The number of carboxylic acids is 2. The lowest BCUT2D eigenvalue weighted by atomic mass is 9.94. The van der Waals surface area contributed by atoms with Gasteiger partial charge in [-0.1, -0.05) is 0 Å². The molecule has 26 nitrogen and oxygen atoms in total. The van der Waals surface area contributed by atoms with Crippen LogP contribution in [0.1, 0.15) is 13.8 Å². The molecule has 20 atom stereocenters. The highest BCUT2D eigenvalue weighted by molar-refractivity contribution is 5.74. The van der Waals surface area contributed by atoms with Gasteiger partial charge < -0.3 is 110 Å². The smallest absolute Gasteiger partial charge is 0.335 e. The molecule has 56 heavy (non-hydrogen) atoms. The van der Waals surface area contributed by atoms with Crippen molar-refractivity contribution in [1.82, 2.24) is 10.6 Å². The molecular weight excluding hydrogens is 770 g/mol. The zero-order chi connectivity index (χ0) is 41.8. The normalized spacial score (nSPS) is 44.4. The van der Waals surface area contributed by atoms with Gasteiger partial charge in [0.25, 0.3) is 0 Å². The van der Waals surface area contributed by atoms with E-state index in [1.54, 1.807) is 0 Å². The van der Waals surface area contributed by atoms with E-state index in [1.807, 2.05) is 0 Å². The second-order valence-corrected chi connectivity index (χ2v) is 13.3. The zero-order valence-corrected chi connectivity index (χ0v) is 29.8. The Bertz CT molecular complexity index is 1350. The van der Waals surface area contributed by atoms with E-state index in [-0.39, 0.29) is 13.2 Å². The van der Waals surface area contributed by atoms with Crippen molar-refractivity contribution in [3.8, 4) is 0 Å². The molecule has 0 aromatic heterocycles. The van der Waals surface area contributed by atoms with Gasteiger partial charge in [0.2, 0.25) is 11.8 Å². The molecule has 0 aliphatic carbocycles. The second-order valence-electron chi connectivity index (χ2n) is 13.3. The van der Waals surface area contributed by atoms with Crippen molar-refractivity contribution in [1.29, 1.82) is 0 Å². The molecule has 4 heterocycles. The van der Waals surface area contributed by atoms with Gasteiger partial charge in [-0.2, -0.15) is 0 Å². The Morgan fingerprint density at radius 1 is 0.554 bits per heavy atom. The number of carboxylic acid groups (broad SMARTS) is 2. The number of carbonyl (C=O) groups is 4. The van der Waals surface area contributed by atoms with Crippen molar-refractivity contribution in [3.05, 3.63) is 0 Å². The van der Waals surface area contributed by atoms with Crippen LogP contribution in [0.2, 0.25) is 0 Å². The molecule has 322 valence electrons. The van der Waals surface area contributed by atoms with Crippen molar-refractivity contribution in [2.75, 3.05) is 26.4 Å². The summed E-state index contributed by atoms with van der Waals surface area (Å²) < 4.78 is 43.9. The summed E-state index contributed by atoms with van der Waals surface area (Å²) in [4.78, 5) is 48.6. The van der Waals surface area contributed by atoms with E-state index in [0.717, 1.165) is 13.8 Å². The lowest BCUT2D eigenvalue weighted by Crippen LogP contribution is -2.70. The molecule has 4 aliphatic rings. The van der Waals surface area contributed by atoms with E-state index in [2.05, 4.69) is 10.6 Å². The molecule has 0 aromatic rings. The van der Waals surface area contributed by atoms with E-state index in [0.29, 0.717) is 0 Å². The van der Waals surface area contributed by atoms with Gasteiger partial charge in [0, 0.05) is 20.4 Å². The molecule has 0 saturated carbocycles. The van der Waals surface area contributed by atoms with Gasteiger partial charge in [0.05, 0.1) is 19.8 Å². The second kappa shape index (κ2) is 19.7. The van der Waals surface area contributed by atoms with Gasteiger partial charge in [0.15, 0.2) is 37.4 Å². The van der Waals surface area contributed by atoms with Crippen LogP contribution in [0, 0.1) is 0 Å². The Kier molecular flexibility index (Phi) is 16.2. The Balaban J connectivity index is 1.56. The highest BCUT2D eigenvalue weighted by Crippen LogP contribution is 2.34. The monoisotopic (exact) mass is 819 g/mol. The van der Waals surface area contributed by atoms with Gasteiger partial charge in [0.1, 0.15) is 85.3 Å². The summed E-state index contributed by atoms with van der Waals surface area (Å²) in [5.41, 5.74) is 5.37. The number of carbonyl (C=O) groups excluding carboxylic acids is 2. The lowest BCUT2D eigenvalue weighted by Gasteiger charge is -2.49. The highest BCUT2D eigenvalue weighted by Gasteiger charge is 2.57. The summed E-state index contributed by atoms with van der Waals surface area (Å²) in [7, 11) is 0. The minimum atomic E-state index is -2.26. The Labute approximate surface area is 316 Å². The Morgan fingerprint density at radius 3 is 1.43 bits per heavy atom. The Hall–Kier alpha value is -2.84. The number of aliphatic hydroxyl groups excluding tert-OH is 9. The third-order valence-corrected chi connectivity index (χ3v) is 9.32. The number of rotatable bonds is 15. The van der Waals surface area contributed by atoms with Gasteiger partial charge >= 0.3 is 11.9 Å².